The summed E-state index contributed by atoms with van der Waals surface area (Å²) in [4.78, 5) is 13.8. The highest BCUT2D eigenvalue weighted by atomic mass is 16.5. The molecule has 1 aliphatic heterocycles. The Bertz CT molecular complexity index is 253. The van der Waals surface area contributed by atoms with Gasteiger partial charge in [0.05, 0.1) is 19.3 Å². The molecule has 1 unspecified atom stereocenters. The molecule has 1 fully saturated rings. The summed E-state index contributed by atoms with van der Waals surface area (Å²) in [7, 11) is 0. The summed E-state index contributed by atoms with van der Waals surface area (Å²) in [6.45, 7) is 6.33. The van der Waals surface area contributed by atoms with E-state index in [1.807, 2.05) is 13.8 Å². The van der Waals surface area contributed by atoms with E-state index in [1.165, 1.54) is 12.8 Å². The van der Waals surface area contributed by atoms with Crippen molar-refractivity contribution in [3.63, 3.8) is 0 Å². The van der Waals surface area contributed by atoms with Gasteiger partial charge in [0, 0.05) is 6.42 Å². The van der Waals surface area contributed by atoms with Gasteiger partial charge in [-0.3, -0.25) is 4.79 Å². The van der Waals surface area contributed by atoms with E-state index in [-0.39, 0.29) is 18.6 Å². The van der Waals surface area contributed by atoms with Gasteiger partial charge >= 0.3 is 0 Å². The number of unbranched alkanes of at least 4 members (excludes halogenated alkanes) is 3. The fourth-order valence-electron chi connectivity index (χ4n) is 2.35. The molecule has 4 heteroatoms. The van der Waals surface area contributed by atoms with Gasteiger partial charge in [0.15, 0.2) is 0 Å². The lowest BCUT2D eigenvalue weighted by atomic mass is 10.1. The maximum atomic E-state index is 12.1. The average Bonchev–Trinajstić information content (AvgIpc) is 2.59. The summed E-state index contributed by atoms with van der Waals surface area (Å²) in [5.41, 5.74) is -0.574. The van der Waals surface area contributed by atoms with E-state index in [0.29, 0.717) is 13.0 Å². The molecule has 0 bridgehead atoms. The molecular formula is C13H25NO3. The number of hydrogen-bond donors (Lipinski definition) is 1. The van der Waals surface area contributed by atoms with Crippen LogP contribution >= 0.6 is 0 Å². The van der Waals surface area contributed by atoms with Gasteiger partial charge in [-0.15, -0.1) is 0 Å². The smallest absolute Gasteiger partial charge is 0.225 e. The van der Waals surface area contributed by atoms with Crippen LogP contribution in [0, 0.1) is 0 Å². The molecule has 0 aromatic carbocycles. The van der Waals surface area contributed by atoms with Crippen LogP contribution in [-0.4, -0.2) is 40.9 Å². The molecule has 1 saturated heterocycles. The first-order valence-corrected chi connectivity index (χ1v) is 6.60. The molecule has 1 atom stereocenters. The third-order valence-electron chi connectivity index (χ3n) is 3.30. The topological polar surface area (TPSA) is 49.8 Å². The Morgan fingerprint density at radius 1 is 1.41 bits per heavy atom. The van der Waals surface area contributed by atoms with Gasteiger partial charge in [0.2, 0.25) is 5.91 Å². The van der Waals surface area contributed by atoms with E-state index in [4.69, 9.17) is 4.74 Å². The van der Waals surface area contributed by atoms with Crippen LogP contribution in [0.2, 0.25) is 0 Å². The molecule has 100 valence electrons. The predicted molar refractivity (Wildman–Crippen MR) is 66.5 cm³/mol. The van der Waals surface area contributed by atoms with Crippen molar-refractivity contribution >= 4 is 5.91 Å². The van der Waals surface area contributed by atoms with Crippen molar-refractivity contribution in [2.24, 2.45) is 0 Å². The number of nitrogens with zero attached hydrogens (tertiary/aromatic N) is 1. The fourth-order valence-corrected chi connectivity index (χ4v) is 2.35. The van der Waals surface area contributed by atoms with Crippen LogP contribution in [0.3, 0.4) is 0 Å². The molecule has 17 heavy (non-hydrogen) atoms. The Morgan fingerprint density at radius 3 is 2.71 bits per heavy atom. The molecule has 0 aliphatic carbocycles. The number of aliphatic hydroxyl groups is 1. The number of carbonyl (C=O) groups is 1. The summed E-state index contributed by atoms with van der Waals surface area (Å²) in [5.74, 6) is 0.0997. The van der Waals surface area contributed by atoms with E-state index >= 15 is 0 Å². The average molecular weight is 243 g/mol. The standard InChI is InChI=1S/C13H25NO3/c1-4-5-6-7-8-12(16)14-11(9-15)10-17-13(14,2)3/h11,15H,4-10H2,1-3H3. The van der Waals surface area contributed by atoms with Crippen molar-refractivity contribution in [3.05, 3.63) is 0 Å². The molecule has 1 rings (SSSR count). The highest BCUT2D eigenvalue weighted by molar-refractivity contribution is 5.77. The van der Waals surface area contributed by atoms with E-state index in [0.717, 1.165) is 12.8 Å². The first kappa shape index (κ1) is 14.5. The lowest BCUT2D eigenvalue weighted by molar-refractivity contribution is -0.147. The second-order valence-electron chi connectivity index (χ2n) is 5.17. The second-order valence-corrected chi connectivity index (χ2v) is 5.17. The number of hydrogen-bond acceptors (Lipinski definition) is 3. The number of aliphatic hydroxyl groups excluding tert-OH is 1. The minimum absolute atomic E-state index is 0.0237. The molecule has 0 aromatic rings. The largest absolute Gasteiger partial charge is 0.394 e. The molecular weight excluding hydrogens is 218 g/mol. The van der Waals surface area contributed by atoms with E-state index in [9.17, 15) is 9.90 Å². The summed E-state index contributed by atoms with van der Waals surface area (Å²) in [6, 6.07) is -0.177. The van der Waals surface area contributed by atoms with E-state index < -0.39 is 5.72 Å². The van der Waals surface area contributed by atoms with Gasteiger partial charge < -0.3 is 14.7 Å². The molecule has 1 N–H and O–H groups in total. The maximum absolute atomic E-state index is 12.1. The zero-order valence-electron chi connectivity index (χ0n) is 11.2. The highest BCUT2D eigenvalue weighted by Gasteiger charge is 2.42. The Kier molecular flexibility index (Phi) is 5.40. The van der Waals surface area contributed by atoms with Crippen molar-refractivity contribution in [3.8, 4) is 0 Å². The maximum Gasteiger partial charge on any atom is 0.225 e. The summed E-state index contributed by atoms with van der Waals surface area (Å²) in [6.07, 6.45) is 4.93. The van der Waals surface area contributed by atoms with Crippen molar-refractivity contribution in [2.75, 3.05) is 13.2 Å². The molecule has 0 radical (unpaired) electrons. The Balaban J connectivity index is 2.47. The molecule has 0 saturated carbocycles. The van der Waals surface area contributed by atoms with Crippen LogP contribution in [0.4, 0.5) is 0 Å². The van der Waals surface area contributed by atoms with Crippen LogP contribution in [0.1, 0.15) is 52.9 Å². The summed E-state index contributed by atoms with van der Waals surface area (Å²) < 4.78 is 5.55. The lowest BCUT2D eigenvalue weighted by Gasteiger charge is -2.33. The third-order valence-corrected chi connectivity index (χ3v) is 3.30. The molecule has 1 aliphatic rings. The Labute approximate surface area is 104 Å². The lowest BCUT2D eigenvalue weighted by Crippen LogP contribution is -2.49. The molecule has 1 heterocycles. The van der Waals surface area contributed by atoms with Crippen LogP contribution < -0.4 is 0 Å². The minimum atomic E-state index is -0.574. The first-order chi connectivity index (χ1) is 8.03. The second kappa shape index (κ2) is 6.36. The van der Waals surface area contributed by atoms with E-state index in [1.54, 1.807) is 4.90 Å². The Hall–Kier alpha value is -0.610. The van der Waals surface area contributed by atoms with Crippen molar-refractivity contribution in [2.45, 2.75) is 64.6 Å². The van der Waals surface area contributed by atoms with Crippen molar-refractivity contribution in [1.29, 1.82) is 0 Å². The van der Waals surface area contributed by atoms with Gasteiger partial charge in [-0.05, 0) is 20.3 Å². The molecule has 0 aromatic heterocycles. The van der Waals surface area contributed by atoms with Crippen LogP contribution in [0.15, 0.2) is 0 Å². The predicted octanol–water partition coefficient (Wildman–Crippen LogP) is 1.91. The molecule has 4 nitrogen and oxygen atoms in total. The van der Waals surface area contributed by atoms with Crippen LogP contribution in [-0.2, 0) is 9.53 Å². The normalized spacial score (nSPS) is 23.1. The zero-order chi connectivity index (χ0) is 12.9. The SMILES string of the molecule is CCCCCCC(=O)N1C(CO)COC1(C)C. The minimum Gasteiger partial charge on any atom is -0.394 e. The van der Waals surface area contributed by atoms with Gasteiger partial charge in [-0.1, -0.05) is 26.2 Å². The first-order valence-electron chi connectivity index (χ1n) is 6.60. The van der Waals surface area contributed by atoms with Gasteiger partial charge in [0.25, 0.3) is 0 Å². The summed E-state index contributed by atoms with van der Waals surface area (Å²) >= 11 is 0. The fraction of sp³-hybridized carbons (Fsp3) is 0.923. The number of carbonyl (C=O) groups excluding carboxylic acids is 1. The van der Waals surface area contributed by atoms with Crippen LogP contribution in [0.5, 0.6) is 0 Å². The molecule has 1 amide bonds. The Morgan fingerprint density at radius 2 is 2.12 bits per heavy atom. The zero-order valence-corrected chi connectivity index (χ0v) is 11.2. The summed E-state index contributed by atoms with van der Waals surface area (Å²) in [5, 5.41) is 9.25. The highest BCUT2D eigenvalue weighted by Crippen LogP contribution is 2.28. The van der Waals surface area contributed by atoms with Gasteiger partial charge in [-0.25, -0.2) is 0 Å². The van der Waals surface area contributed by atoms with Gasteiger partial charge in [0.1, 0.15) is 5.72 Å². The number of rotatable bonds is 6. The quantitative estimate of drug-likeness (QED) is 0.725. The van der Waals surface area contributed by atoms with Crippen molar-refractivity contribution < 1.29 is 14.6 Å². The van der Waals surface area contributed by atoms with Gasteiger partial charge in [-0.2, -0.15) is 0 Å². The third kappa shape index (κ3) is 3.68. The van der Waals surface area contributed by atoms with Crippen LogP contribution in [0.25, 0.3) is 0 Å². The molecule has 0 spiro atoms. The number of ether oxygens (including phenoxy) is 1. The number of amides is 1. The van der Waals surface area contributed by atoms with E-state index in [2.05, 4.69) is 6.92 Å². The monoisotopic (exact) mass is 243 g/mol. The van der Waals surface area contributed by atoms with Crippen molar-refractivity contribution in [1.82, 2.24) is 4.90 Å².